The monoisotopic (exact) mass is 362 g/mol. The predicted molar refractivity (Wildman–Crippen MR) is 98.0 cm³/mol. The van der Waals surface area contributed by atoms with Gasteiger partial charge >= 0.3 is 0 Å². The number of nitrogens with zero attached hydrogens (tertiary/aromatic N) is 2. The molecule has 0 aliphatic heterocycles. The number of hydrogen-bond acceptors (Lipinski definition) is 3. The van der Waals surface area contributed by atoms with Crippen LogP contribution in [0.1, 0.15) is 18.3 Å². The van der Waals surface area contributed by atoms with Crippen molar-refractivity contribution in [1.29, 1.82) is 0 Å². The Balaban J connectivity index is 2.16. The SMILES string of the molecule is CCc1nc2cc(S(C)(=O)=O)ccc2n1-c1ccc(CCCl)cc1. The maximum Gasteiger partial charge on any atom is 0.175 e. The molecule has 126 valence electrons. The first-order valence-corrected chi connectivity index (χ1v) is 10.2. The van der Waals surface area contributed by atoms with Crippen molar-refractivity contribution in [2.75, 3.05) is 12.1 Å². The average Bonchev–Trinajstić information content (AvgIpc) is 2.93. The van der Waals surface area contributed by atoms with Crippen molar-refractivity contribution < 1.29 is 8.42 Å². The number of fused-ring (bicyclic) bond motifs is 1. The van der Waals surface area contributed by atoms with Crippen LogP contribution < -0.4 is 0 Å². The van der Waals surface area contributed by atoms with Crippen molar-refractivity contribution in [2.24, 2.45) is 0 Å². The summed E-state index contributed by atoms with van der Waals surface area (Å²) in [6, 6.07) is 13.3. The molecule has 0 saturated carbocycles. The van der Waals surface area contributed by atoms with Crippen LogP contribution in [0.2, 0.25) is 0 Å². The maximum atomic E-state index is 11.8. The molecule has 0 aliphatic carbocycles. The van der Waals surface area contributed by atoms with Gasteiger partial charge in [0.05, 0.1) is 15.9 Å². The predicted octanol–water partition coefficient (Wildman–Crippen LogP) is 3.77. The van der Waals surface area contributed by atoms with Crippen LogP contribution >= 0.6 is 11.6 Å². The number of aryl methyl sites for hydroxylation is 2. The van der Waals surface area contributed by atoms with Crippen LogP contribution in [0.5, 0.6) is 0 Å². The number of alkyl halides is 1. The van der Waals surface area contributed by atoms with Gasteiger partial charge in [0.25, 0.3) is 0 Å². The van der Waals surface area contributed by atoms with Crippen LogP contribution in [-0.2, 0) is 22.7 Å². The Morgan fingerprint density at radius 1 is 1.12 bits per heavy atom. The highest BCUT2D eigenvalue weighted by Gasteiger charge is 2.14. The molecule has 1 heterocycles. The Bertz CT molecular complexity index is 976. The molecule has 0 aliphatic rings. The number of halogens is 1. The lowest BCUT2D eigenvalue weighted by Crippen LogP contribution is -2.00. The molecule has 0 saturated heterocycles. The van der Waals surface area contributed by atoms with E-state index in [1.54, 1.807) is 12.1 Å². The third-order valence-corrected chi connectivity index (χ3v) is 5.32. The molecule has 4 nitrogen and oxygen atoms in total. The van der Waals surface area contributed by atoms with E-state index in [-0.39, 0.29) is 0 Å². The van der Waals surface area contributed by atoms with Crippen molar-refractivity contribution in [3.05, 3.63) is 53.9 Å². The Labute approximate surface area is 147 Å². The van der Waals surface area contributed by atoms with Gasteiger partial charge in [-0.05, 0) is 42.3 Å². The van der Waals surface area contributed by atoms with E-state index in [0.717, 1.165) is 29.9 Å². The minimum absolute atomic E-state index is 0.291. The van der Waals surface area contributed by atoms with E-state index in [0.29, 0.717) is 16.3 Å². The molecule has 0 atom stereocenters. The lowest BCUT2D eigenvalue weighted by Gasteiger charge is -2.09. The molecule has 0 unspecified atom stereocenters. The minimum atomic E-state index is -3.24. The van der Waals surface area contributed by atoms with Crippen LogP contribution in [0.15, 0.2) is 47.4 Å². The van der Waals surface area contributed by atoms with Gasteiger partial charge in [0.1, 0.15) is 5.82 Å². The van der Waals surface area contributed by atoms with Gasteiger partial charge in [0.2, 0.25) is 0 Å². The van der Waals surface area contributed by atoms with Crippen molar-refractivity contribution in [1.82, 2.24) is 9.55 Å². The van der Waals surface area contributed by atoms with E-state index >= 15 is 0 Å². The lowest BCUT2D eigenvalue weighted by atomic mass is 10.1. The van der Waals surface area contributed by atoms with Gasteiger partial charge in [-0.25, -0.2) is 13.4 Å². The van der Waals surface area contributed by atoms with Crippen LogP contribution in [0.3, 0.4) is 0 Å². The lowest BCUT2D eigenvalue weighted by molar-refractivity contribution is 0.602. The summed E-state index contributed by atoms with van der Waals surface area (Å²) in [4.78, 5) is 4.91. The largest absolute Gasteiger partial charge is 0.296 e. The molecule has 2 aromatic carbocycles. The summed E-state index contributed by atoms with van der Waals surface area (Å²) in [5.41, 5.74) is 3.80. The smallest absolute Gasteiger partial charge is 0.175 e. The fourth-order valence-electron chi connectivity index (χ4n) is 2.79. The summed E-state index contributed by atoms with van der Waals surface area (Å²) in [6.07, 6.45) is 2.80. The second-order valence-corrected chi connectivity index (χ2v) is 8.14. The van der Waals surface area contributed by atoms with Crippen molar-refractivity contribution in [2.45, 2.75) is 24.7 Å². The van der Waals surface area contributed by atoms with Crippen LogP contribution in [-0.4, -0.2) is 30.1 Å². The Kier molecular flexibility index (Phi) is 4.65. The molecule has 6 heteroatoms. The summed E-state index contributed by atoms with van der Waals surface area (Å²) >= 11 is 5.79. The summed E-state index contributed by atoms with van der Waals surface area (Å²) < 4.78 is 25.6. The van der Waals surface area contributed by atoms with Gasteiger partial charge in [-0.3, -0.25) is 4.57 Å². The number of rotatable bonds is 5. The van der Waals surface area contributed by atoms with Gasteiger partial charge in [0, 0.05) is 24.2 Å². The molecule has 0 bridgehead atoms. The number of aromatic nitrogens is 2. The van der Waals surface area contributed by atoms with Crippen molar-refractivity contribution in [3.8, 4) is 5.69 Å². The van der Waals surface area contributed by atoms with E-state index in [2.05, 4.69) is 21.7 Å². The standard InChI is InChI=1S/C18H19ClN2O2S/c1-3-18-20-16-12-15(24(2,22)23)8-9-17(16)21(18)14-6-4-13(5-7-14)10-11-19/h4-9,12H,3,10-11H2,1-2H3. The highest BCUT2D eigenvalue weighted by Crippen LogP contribution is 2.25. The Morgan fingerprint density at radius 2 is 1.83 bits per heavy atom. The highest BCUT2D eigenvalue weighted by molar-refractivity contribution is 7.90. The number of imidazole rings is 1. The molecule has 24 heavy (non-hydrogen) atoms. The first-order chi connectivity index (χ1) is 11.4. The van der Waals surface area contributed by atoms with E-state index in [1.807, 2.05) is 25.1 Å². The third kappa shape index (κ3) is 3.19. The molecule has 0 N–H and O–H groups in total. The number of sulfone groups is 1. The minimum Gasteiger partial charge on any atom is -0.296 e. The normalized spacial score (nSPS) is 12.0. The van der Waals surface area contributed by atoms with Gasteiger partial charge in [-0.1, -0.05) is 19.1 Å². The third-order valence-electron chi connectivity index (χ3n) is 4.02. The first kappa shape index (κ1) is 17.0. The molecule has 0 spiro atoms. The van der Waals surface area contributed by atoms with Crippen LogP contribution in [0.25, 0.3) is 16.7 Å². The van der Waals surface area contributed by atoms with Crippen molar-refractivity contribution >= 4 is 32.5 Å². The second kappa shape index (κ2) is 6.57. The van der Waals surface area contributed by atoms with Crippen LogP contribution in [0, 0.1) is 0 Å². The summed E-state index contributed by atoms with van der Waals surface area (Å²) in [7, 11) is -3.24. The summed E-state index contributed by atoms with van der Waals surface area (Å²) in [6.45, 7) is 2.04. The molecule has 1 aromatic heterocycles. The molecule has 0 radical (unpaired) electrons. The van der Waals surface area contributed by atoms with E-state index in [1.165, 1.54) is 11.8 Å². The topological polar surface area (TPSA) is 52.0 Å². The second-order valence-electron chi connectivity index (χ2n) is 5.75. The summed E-state index contributed by atoms with van der Waals surface area (Å²) in [5.74, 6) is 1.50. The van der Waals surface area contributed by atoms with Gasteiger partial charge < -0.3 is 0 Å². The fraction of sp³-hybridized carbons (Fsp3) is 0.278. The molecule has 3 aromatic rings. The van der Waals surface area contributed by atoms with Gasteiger partial charge in [-0.2, -0.15) is 0 Å². The van der Waals surface area contributed by atoms with Crippen LogP contribution in [0.4, 0.5) is 0 Å². The maximum absolute atomic E-state index is 11.8. The zero-order valence-electron chi connectivity index (χ0n) is 13.7. The number of hydrogen-bond donors (Lipinski definition) is 0. The molecule has 0 fully saturated rings. The zero-order valence-corrected chi connectivity index (χ0v) is 15.2. The quantitative estimate of drug-likeness (QED) is 0.649. The fourth-order valence-corrected chi connectivity index (χ4v) is 3.65. The average molecular weight is 363 g/mol. The molecular weight excluding hydrogens is 344 g/mol. The first-order valence-electron chi connectivity index (χ1n) is 7.80. The van der Waals surface area contributed by atoms with Gasteiger partial charge in [0.15, 0.2) is 9.84 Å². The number of benzene rings is 2. The highest BCUT2D eigenvalue weighted by atomic mass is 35.5. The molecular formula is C18H19ClN2O2S. The molecule has 0 amide bonds. The van der Waals surface area contributed by atoms with E-state index in [4.69, 9.17) is 11.6 Å². The van der Waals surface area contributed by atoms with Gasteiger partial charge in [-0.15, -0.1) is 11.6 Å². The van der Waals surface area contributed by atoms with Crippen molar-refractivity contribution in [3.63, 3.8) is 0 Å². The van der Waals surface area contributed by atoms with E-state index in [9.17, 15) is 8.42 Å². The Hall–Kier alpha value is -1.85. The Morgan fingerprint density at radius 3 is 2.42 bits per heavy atom. The summed E-state index contributed by atoms with van der Waals surface area (Å²) in [5, 5.41) is 0. The molecule has 3 rings (SSSR count). The zero-order chi connectivity index (χ0) is 17.3. The van der Waals surface area contributed by atoms with E-state index < -0.39 is 9.84 Å².